The van der Waals surface area contributed by atoms with Gasteiger partial charge in [-0.25, -0.2) is 0 Å². The van der Waals surface area contributed by atoms with E-state index in [1.807, 2.05) is 0 Å². The van der Waals surface area contributed by atoms with Gasteiger partial charge in [-0.05, 0) is 43.5 Å². The van der Waals surface area contributed by atoms with Crippen molar-refractivity contribution in [2.24, 2.45) is 0 Å². The van der Waals surface area contributed by atoms with E-state index in [0.717, 1.165) is 12.1 Å². The van der Waals surface area contributed by atoms with E-state index in [4.69, 9.17) is 11.6 Å². The molecule has 0 aromatic heterocycles. The minimum Gasteiger partial charge on any atom is -0.325 e. The third kappa shape index (κ3) is 3.53. The Morgan fingerprint density at radius 2 is 1.82 bits per heavy atom. The highest BCUT2D eigenvalue weighted by molar-refractivity contribution is 6.31. The van der Waals surface area contributed by atoms with Gasteiger partial charge in [0.2, 0.25) is 0 Å². The topological polar surface area (TPSA) is 37.4 Å². The molecule has 0 radical (unpaired) electrons. The molecule has 0 spiro atoms. The first-order valence-electron chi connectivity index (χ1n) is 8.91. The fourth-order valence-electron chi connectivity index (χ4n) is 3.83. The van der Waals surface area contributed by atoms with Crippen LogP contribution < -0.4 is 0 Å². The predicted molar refractivity (Wildman–Crippen MR) is 100 cm³/mol. The molecule has 1 atom stereocenters. The van der Waals surface area contributed by atoms with Crippen molar-refractivity contribution < 1.29 is 22.8 Å². The first-order chi connectivity index (χ1) is 13.2. The first kappa shape index (κ1) is 20.4. The molecule has 1 fully saturated rings. The lowest BCUT2D eigenvalue weighted by Gasteiger charge is -2.44. The normalized spacial score (nSPS) is 20.1. The Balaban J connectivity index is 2.08. The summed E-state index contributed by atoms with van der Waals surface area (Å²) in [6.45, 7) is 0. The Bertz CT molecular complexity index is 913. The maximum absolute atomic E-state index is 13.1. The second-order valence-corrected chi connectivity index (χ2v) is 7.32. The Labute approximate surface area is 166 Å². The van der Waals surface area contributed by atoms with Gasteiger partial charge in [0, 0.05) is 29.6 Å². The maximum Gasteiger partial charge on any atom is 0.416 e. The Morgan fingerprint density at radius 1 is 1.11 bits per heavy atom. The summed E-state index contributed by atoms with van der Waals surface area (Å²) in [6.07, 6.45) is -2.49. The summed E-state index contributed by atoms with van der Waals surface area (Å²) in [5.41, 5.74) is -1.82. The lowest BCUT2D eigenvalue weighted by Crippen LogP contribution is -2.54. The number of hydrogen-bond donors (Lipinski definition) is 0. The molecule has 0 aliphatic heterocycles. The van der Waals surface area contributed by atoms with Crippen LogP contribution in [0.15, 0.2) is 48.5 Å². The van der Waals surface area contributed by atoms with Crippen molar-refractivity contribution >= 4 is 23.3 Å². The van der Waals surface area contributed by atoms with Gasteiger partial charge in [0.1, 0.15) is 5.54 Å². The lowest BCUT2D eigenvalue weighted by atomic mass is 9.74. The monoisotopic (exact) mass is 409 g/mol. The molecule has 0 N–H and O–H groups in total. The first-order valence-corrected chi connectivity index (χ1v) is 9.29. The smallest absolute Gasteiger partial charge is 0.325 e. The predicted octanol–water partition coefficient (Wildman–Crippen LogP) is 5.47. The Hall–Kier alpha value is -2.34. The van der Waals surface area contributed by atoms with Gasteiger partial charge in [-0.1, -0.05) is 35.9 Å². The van der Waals surface area contributed by atoms with Gasteiger partial charge in [-0.3, -0.25) is 9.59 Å². The van der Waals surface area contributed by atoms with Gasteiger partial charge in [0.15, 0.2) is 5.78 Å². The Kier molecular flexibility index (Phi) is 5.53. The summed E-state index contributed by atoms with van der Waals surface area (Å²) in [4.78, 5) is 27.4. The molecule has 1 aliphatic rings. The molecule has 0 unspecified atom stereocenters. The summed E-state index contributed by atoms with van der Waals surface area (Å²) in [6, 6.07) is 11.0. The van der Waals surface area contributed by atoms with Gasteiger partial charge in [-0.15, -0.1) is 0 Å². The van der Waals surface area contributed by atoms with Crippen LogP contribution in [-0.2, 0) is 16.5 Å². The van der Waals surface area contributed by atoms with Crippen LogP contribution in [0, 0.1) is 0 Å². The van der Waals surface area contributed by atoms with E-state index >= 15 is 0 Å². The van der Waals surface area contributed by atoms with Crippen LogP contribution in [0.25, 0.3) is 0 Å². The molecule has 7 heteroatoms. The van der Waals surface area contributed by atoms with Crippen LogP contribution in [0.2, 0.25) is 5.02 Å². The van der Waals surface area contributed by atoms with Crippen LogP contribution in [-0.4, -0.2) is 23.6 Å². The molecule has 1 saturated carbocycles. The molecule has 28 heavy (non-hydrogen) atoms. The van der Waals surface area contributed by atoms with E-state index in [1.165, 1.54) is 24.1 Å². The highest BCUT2D eigenvalue weighted by Gasteiger charge is 2.48. The highest BCUT2D eigenvalue weighted by Crippen LogP contribution is 2.43. The molecule has 1 aliphatic carbocycles. The zero-order chi connectivity index (χ0) is 20.5. The molecule has 2 aromatic carbocycles. The molecule has 3 nitrogen and oxygen atoms in total. The number of rotatable bonds is 3. The summed E-state index contributed by atoms with van der Waals surface area (Å²) in [7, 11) is 1.45. The molecule has 1 amide bonds. The minimum absolute atomic E-state index is 0.123. The van der Waals surface area contributed by atoms with E-state index in [0.29, 0.717) is 29.8 Å². The number of benzene rings is 2. The zero-order valence-electron chi connectivity index (χ0n) is 15.2. The van der Waals surface area contributed by atoms with Crippen LogP contribution in [0.4, 0.5) is 13.2 Å². The molecule has 0 heterocycles. The van der Waals surface area contributed by atoms with Crippen molar-refractivity contribution in [2.75, 3.05) is 7.05 Å². The number of nitrogens with zero attached hydrogens (tertiary/aromatic N) is 1. The minimum atomic E-state index is -4.56. The molecular formula is C21H19ClF3NO2. The highest BCUT2D eigenvalue weighted by atomic mass is 35.5. The molecular weight excluding hydrogens is 391 g/mol. The van der Waals surface area contributed by atoms with Crippen molar-refractivity contribution in [3.8, 4) is 0 Å². The van der Waals surface area contributed by atoms with Gasteiger partial charge in [0.25, 0.3) is 5.91 Å². The molecule has 2 aromatic rings. The fraction of sp³-hybridized carbons (Fsp3) is 0.333. The van der Waals surface area contributed by atoms with Gasteiger partial charge in [-0.2, -0.15) is 13.2 Å². The number of likely N-dealkylation sites (N-methyl/N-ethyl adjacent to an activating group) is 1. The number of ketones is 1. The largest absolute Gasteiger partial charge is 0.416 e. The van der Waals surface area contributed by atoms with Crippen molar-refractivity contribution in [1.82, 2.24) is 4.90 Å². The van der Waals surface area contributed by atoms with E-state index in [9.17, 15) is 22.8 Å². The fourth-order valence-corrected chi connectivity index (χ4v) is 4.12. The van der Waals surface area contributed by atoms with Crippen LogP contribution in [0.1, 0.15) is 47.2 Å². The third-order valence-electron chi connectivity index (χ3n) is 5.29. The summed E-state index contributed by atoms with van der Waals surface area (Å²) in [5, 5.41) is 0.349. The maximum atomic E-state index is 13.1. The van der Waals surface area contributed by atoms with Crippen molar-refractivity contribution in [1.29, 1.82) is 0 Å². The van der Waals surface area contributed by atoms with Crippen LogP contribution in [0.3, 0.4) is 0 Å². The lowest BCUT2D eigenvalue weighted by molar-refractivity contribution is -0.137. The standard InChI is InChI=1S/C21H19ClF3NO2/c1-26(19(28)14-7-6-8-15(13-14)21(23,24)25)20(12-5-4-11-18(20)27)16-9-2-3-10-17(16)22/h2-3,6-10,13H,4-5,11-12H2,1H3/t20-/m1/s1. The quantitative estimate of drug-likeness (QED) is 0.674. The van der Waals surface area contributed by atoms with Crippen molar-refractivity contribution in [2.45, 2.75) is 37.4 Å². The molecule has 0 saturated heterocycles. The number of halogens is 4. The second kappa shape index (κ2) is 7.59. The second-order valence-electron chi connectivity index (χ2n) is 6.91. The van der Waals surface area contributed by atoms with Crippen LogP contribution in [0.5, 0.6) is 0 Å². The van der Waals surface area contributed by atoms with E-state index < -0.39 is 23.2 Å². The third-order valence-corrected chi connectivity index (χ3v) is 5.62. The van der Waals surface area contributed by atoms with Crippen LogP contribution >= 0.6 is 11.6 Å². The molecule has 148 valence electrons. The average Bonchev–Trinajstić information content (AvgIpc) is 2.67. The van der Waals surface area contributed by atoms with Gasteiger partial charge >= 0.3 is 6.18 Å². The number of carbonyl (C=O) groups is 2. The number of alkyl halides is 3. The van der Waals surface area contributed by atoms with Crippen molar-refractivity contribution in [3.05, 3.63) is 70.2 Å². The number of Topliss-reactive ketones (excluding diaryl/α,β-unsaturated/α-hetero) is 1. The molecule has 0 bridgehead atoms. The van der Waals surface area contributed by atoms with E-state index in [1.54, 1.807) is 24.3 Å². The van der Waals surface area contributed by atoms with Crippen molar-refractivity contribution in [3.63, 3.8) is 0 Å². The van der Waals surface area contributed by atoms with Gasteiger partial charge in [0.05, 0.1) is 5.56 Å². The average molecular weight is 410 g/mol. The number of carbonyl (C=O) groups excluding carboxylic acids is 2. The molecule has 3 rings (SSSR count). The zero-order valence-corrected chi connectivity index (χ0v) is 16.0. The van der Waals surface area contributed by atoms with E-state index in [-0.39, 0.29) is 17.8 Å². The SMILES string of the molecule is CN(C(=O)c1cccc(C(F)(F)F)c1)[C@@]1(c2ccccc2Cl)CCCCC1=O. The summed E-state index contributed by atoms with van der Waals surface area (Å²) in [5.74, 6) is -0.809. The van der Waals surface area contributed by atoms with E-state index in [2.05, 4.69) is 0 Å². The number of hydrogen-bond acceptors (Lipinski definition) is 2. The number of amides is 1. The van der Waals surface area contributed by atoms with Gasteiger partial charge < -0.3 is 4.90 Å². The summed E-state index contributed by atoms with van der Waals surface area (Å²) < 4.78 is 39.1. The Morgan fingerprint density at radius 3 is 2.46 bits per heavy atom. The summed E-state index contributed by atoms with van der Waals surface area (Å²) >= 11 is 6.35.